The second-order valence-corrected chi connectivity index (χ2v) is 9.78. The summed E-state index contributed by atoms with van der Waals surface area (Å²) < 4.78 is 12.5. The number of amides is 1. The van der Waals surface area contributed by atoms with Crippen LogP contribution in [0.5, 0.6) is 5.88 Å². The summed E-state index contributed by atoms with van der Waals surface area (Å²) >= 11 is 0. The molecule has 0 radical (unpaired) electrons. The second-order valence-electron chi connectivity index (χ2n) is 9.78. The van der Waals surface area contributed by atoms with Crippen LogP contribution in [0.25, 0.3) is 5.95 Å². The summed E-state index contributed by atoms with van der Waals surface area (Å²) in [6.45, 7) is 2.92. The molecule has 5 fully saturated rings. The van der Waals surface area contributed by atoms with E-state index in [9.17, 15) is 4.79 Å². The molecule has 0 aromatic carbocycles. The van der Waals surface area contributed by atoms with Gasteiger partial charge in [-0.25, -0.2) is 9.48 Å². The smallest absolute Gasteiger partial charge is 0.409 e. The fraction of sp³-hybridized carbons (Fsp3) is 0.636. The number of methoxy groups -OCH3 is 1. The van der Waals surface area contributed by atoms with Crippen molar-refractivity contribution in [3.05, 3.63) is 24.0 Å². The van der Waals surface area contributed by atoms with Crippen molar-refractivity contribution in [1.82, 2.24) is 24.6 Å². The standard InChI is InChI=1S/C22H28N6O3/c1-13-3-4-28(26-13)20-23-18(25-22-8-14-5-15(9-22)16(6-14)10-22)7-19(24-20)31-17-11-27(12-17)21(29)30-2/h3-4,7,14-17H,5-6,8-12H2,1-2H3,(H,23,24,25). The largest absolute Gasteiger partial charge is 0.470 e. The van der Waals surface area contributed by atoms with Crippen LogP contribution < -0.4 is 10.1 Å². The summed E-state index contributed by atoms with van der Waals surface area (Å²) in [5.41, 5.74) is 1.05. The highest BCUT2D eigenvalue weighted by Crippen LogP contribution is 2.60. The first-order valence-corrected chi connectivity index (χ1v) is 11.2. The second kappa shape index (κ2) is 6.83. The fourth-order valence-corrected chi connectivity index (χ4v) is 6.36. The van der Waals surface area contributed by atoms with Crippen LogP contribution in [0.3, 0.4) is 0 Å². The van der Waals surface area contributed by atoms with Crippen molar-refractivity contribution in [3.63, 3.8) is 0 Å². The number of nitrogens with one attached hydrogen (secondary N) is 1. The molecule has 1 saturated heterocycles. The molecule has 9 heteroatoms. The van der Waals surface area contributed by atoms with E-state index in [0.29, 0.717) is 24.9 Å². The van der Waals surface area contributed by atoms with E-state index in [1.54, 1.807) is 9.58 Å². The van der Waals surface area contributed by atoms with E-state index in [2.05, 4.69) is 15.4 Å². The molecule has 1 N–H and O–H groups in total. The third-order valence-electron chi connectivity index (χ3n) is 7.50. The average Bonchev–Trinajstić information content (AvgIpc) is 3.33. The molecule has 2 atom stereocenters. The van der Waals surface area contributed by atoms with E-state index in [-0.39, 0.29) is 17.7 Å². The van der Waals surface area contributed by atoms with Gasteiger partial charge in [-0.2, -0.15) is 15.1 Å². The Bertz CT molecular complexity index is 997. The molecule has 1 amide bonds. The van der Waals surface area contributed by atoms with Gasteiger partial charge in [-0.1, -0.05) is 0 Å². The molecular formula is C22H28N6O3. The highest BCUT2D eigenvalue weighted by atomic mass is 16.5. The highest BCUT2D eigenvalue weighted by molar-refractivity contribution is 5.68. The summed E-state index contributed by atoms with van der Waals surface area (Å²) in [7, 11) is 1.39. The van der Waals surface area contributed by atoms with Crippen LogP contribution in [-0.4, -0.2) is 62.6 Å². The van der Waals surface area contributed by atoms with Crippen molar-refractivity contribution in [2.45, 2.75) is 50.7 Å². The van der Waals surface area contributed by atoms with E-state index in [1.807, 2.05) is 25.3 Å². The fourth-order valence-electron chi connectivity index (χ4n) is 6.36. The summed E-state index contributed by atoms with van der Waals surface area (Å²) in [5, 5.41) is 8.27. The Morgan fingerprint density at radius 3 is 2.61 bits per heavy atom. The number of nitrogens with zero attached hydrogens (tertiary/aromatic N) is 5. The van der Waals surface area contributed by atoms with Crippen LogP contribution in [0.4, 0.5) is 10.6 Å². The topological polar surface area (TPSA) is 94.4 Å². The van der Waals surface area contributed by atoms with Crippen LogP contribution in [-0.2, 0) is 4.74 Å². The van der Waals surface area contributed by atoms with Gasteiger partial charge in [-0.3, -0.25) is 0 Å². The third-order valence-corrected chi connectivity index (χ3v) is 7.50. The van der Waals surface area contributed by atoms with Gasteiger partial charge < -0.3 is 19.7 Å². The maximum atomic E-state index is 11.6. The van der Waals surface area contributed by atoms with Crippen molar-refractivity contribution in [1.29, 1.82) is 0 Å². The van der Waals surface area contributed by atoms with Crippen LogP contribution in [0.15, 0.2) is 18.3 Å². The highest BCUT2D eigenvalue weighted by Gasteiger charge is 2.56. The minimum absolute atomic E-state index is 0.106. The molecule has 31 heavy (non-hydrogen) atoms. The molecule has 9 nitrogen and oxygen atoms in total. The molecule has 2 aromatic heterocycles. The molecule has 4 saturated carbocycles. The molecule has 164 valence electrons. The van der Waals surface area contributed by atoms with E-state index >= 15 is 0 Å². The number of carbonyl (C=O) groups excluding carboxylic acids is 1. The molecule has 3 heterocycles. The lowest BCUT2D eigenvalue weighted by Gasteiger charge is -2.40. The van der Waals surface area contributed by atoms with Gasteiger partial charge in [0.25, 0.3) is 5.95 Å². The predicted molar refractivity (Wildman–Crippen MR) is 112 cm³/mol. The van der Waals surface area contributed by atoms with Crippen molar-refractivity contribution < 1.29 is 14.3 Å². The lowest BCUT2D eigenvalue weighted by molar-refractivity contribution is 0.0160. The van der Waals surface area contributed by atoms with Gasteiger partial charge in [0.15, 0.2) is 0 Å². The van der Waals surface area contributed by atoms with Gasteiger partial charge in [-0.15, -0.1) is 0 Å². The lowest BCUT2D eigenvalue weighted by atomic mass is 9.76. The van der Waals surface area contributed by atoms with Crippen molar-refractivity contribution >= 4 is 11.9 Å². The number of carbonyl (C=O) groups is 1. The number of aryl methyl sites for hydroxylation is 1. The molecular weight excluding hydrogens is 396 g/mol. The summed E-state index contributed by atoms with van der Waals surface area (Å²) in [4.78, 5) is 22.6. The van der Waals surface area contributed by atoms with Crippen LogP contribution in [0, 0.1) is 24.7 Å². The Kier molecular flexibility index (Phi) is 4.16. The average molecular weight is 425 g/mol. The maximum Gasteiger partial charge on any atom is 0.409 e. The number of ether oxygens (including phenoxy) is 2. The summed E-state index contributed by atoms with van der Waals surface area (Å²) in [6, 6.07) is 3.82. The number of aromatic nitrogens is 4. The normalized spacial score (nSPS) is 31.0. The zero-order chi connectivity index (χ0) is 21.2. The van der Waals surface area contributed by atoms with Gasteiger partial charge in [0.1, 0.15) is 11.9 Å². The zero-order valence-corrected chi connectivity index (χ0v) is 18.0. The van der Waals surface area contributed by atoms with Crippen molar-refractivity contribution in [2.75, 3.05) is 25.5 Å². The number of anilines is 1. The Balaban J connectivity index is 1.25. The third kappa shape index (κ3) is 3.30. The zero-order valence-electron chi connectivity index (χ0n) is 18.0. The van der Waals surface area contributed by atoms with Gasteiger partial charge in [-0.05, 0) is 62.8 Å². The van der Waals surface area contributed by atoms with Gasteiger partial charge in [0.05, 0.1) is 25.9 Å². The Hall–Kier alpha value is -2.84. The molecule has 0 spiro atoms. The number of hydrogen-bond acceptors (Lipinski definition) is 7. The summed E-state index contributed by atoms with van der Waals surface area (Å²) in [5.74, 6) is 4.38. The quantitative estimate of drug-likeness (QED) is 0.789. The first-order chi connectivity index (χ1) is 15.0. The van der Waals surface area contributed by atoms with Crippen LogP contribution >= 0.6 is 0 Å². The Morgan fingerprint density at radius 1 is 1.19 bits per heavy atom. The van der Waals surface area contributed by atoms with Crippen molar-refractivity contribution in [3.8, 4) is 11.8 Å². The van der Waals surface area contributed by atoms with Crippen molar-refractivity contribution in [2.24, 2.45) is 17.8 Å². The van der Waals surface area contributed by atoms with E-state index in [1.165, 1.54) is 39.2 Å². The number of hydrogen-bond donors (Lipinski definition) is 1. The maximum absolute atomic E-state index is 11.6. The first-order valence-electron chi connectivity index (χ1n) is 11.2. The molecule has 4 bridgehead atoms. The summed E-state index contributed by atoms with van der Waals surface area (Å²) in [6.07, 6.45) is 7.94. The Morgan fingerprint density at radius 2 is 1.97 bits per heavy atom. The van der Waals surface area contributed by atoms with Gasteiger partial charge >= 0.3 is 6.09 Å². The molecule has 1 aliphatic heterocycles. The van der Waals surface area contributed by atoms with Gasteiger partial charge in [0, 0.05) is 17.8 Å². The Labute approximate surface area is 181 Å². The molecule has 4 aliphatic carbocycles. The van der Waals surface area contributed by atoms with E-state index in [4.69, 9.17) is 14.5 Å². The minimum Gasteiger partial charge on any atom is -0.470 e. The van der Waals surface area contributed by atoms with Crippen LogP contribution in [0.1, 0.15) is 37.8 Å². The van der Waals surface area contributed by atoms with E-state index in [0.717, 1.165) is 29.3 Å². The monoisotopic (exact) mass is 424 g/mol. The lowest BCUT2D eigenvalue weighted by Crippen LogP contribution is -2.56. The molecule has 2 aromatic rings. The van der Waals surface area contributed by atoms with Crippen LogP contribution in [0.2, 0.25) is 0 Å². The number of likely N-dealkylation sites (tertiary alicyclic amines) is 1. The first kappa shape index (κ1) is 18.9. The predicted octanol–water partition coefficient (Wildman–Crippen LogP) is 2.79. The SMILES string of the molecule is COC(=O)N1CC(Oc2cc(NC34CC5CC(C3)C(C5)C4)nc(-n3ccc(C)n3)n2)C1. The van der Waals surface area contributed by atoms with Gasteiger partial charge in [0.2, 0.25) is 5.88 Å². The molecule has 7 rings (SSSR count). The minimum atomic E-state index is -0.330. The number of rotatable bonds is 5. The molecule has 5 aliphatic rings. The molecule has 2 unspecified atom stereocenters. The van der Waals surface area contributed by atoms with E-state index < -0.39 is 0 Å².